The molecule has 2 rings (SSSR count). The van der Waals surface area contributed by atoms with Gasteiger partial charge in [-0.3, -0.25) is 0 Å². The van der Waals surface area contributed by atoms with Gasteiger partial charge in [-0.15, -0.1) is 0 Å². The lowest BCUT2D eigenvalue weighted by Gasteiger charge is -2.08. The highest BCUT2D eigenvalue weighted by Gasteiger charge is 2.01. The summed E-state index contributed by atoms with van der Waals surface area (Å²) in [5.74, 6) is -0.207. The second-order valence-corrected chi connectivity index (χ2v) is 3.38. The number of halogens is 1. The van der Waals surface area contributed by atoms with Gasteiger partial charge in [0.2, 0.25) is 0 Å². The van der Waals surface area contributed by atoms with Crippen molar-refractivity contribution in [2.24, 2.45) is 0 Å². The van der Waals surface area contributed by atoms with E-state index in [1.807, 2.05) is 29.9 Å². The lowest BCUT2D eigenvalue weighted by molar-refractivity contribution is 0.627. The molecule has 0 saturated heterocycles. The van der Waals surface area contributed by atoms with Gasteiger partial charge in [0.1, 0.15) is 5.82 Å². The molecule has 2 aromatic rings. The average Bonchev–Trinajstić information content (AvgIpc) is 2.68. The molecule has 1 N–H and O–H groups in total. The molecule has 0 aliphatic carbocycles. The molecule has 1 heterocycles. The Labute approximate surface area is 88.4 Å². The number of nitrogens with zero attached hydrogens (tertiary/aromatic N) is 1. The minimum absolute atomic E-state index is 0.207. The molecule has 0 saturated carbocycles. The average molecular weight is 204 g/mol. The van der Waals surface area contributed by atoms with Crippen molar-refractivity contribution >= 4 is 0 Å². The summed E-state index contributed by atoms with van der Waals surface area (Å²) in [4.78, 5) is 0. The highest BCUT2D eigenvalue weighted by Crippen LogP contribution is 2.13. The topological polar surface area (TPSA) is 17.0 Å². The summed E-state index contributed by atoms with van der Waals surface area (Å²) in [5.41, 5.74) is 2.13. The quantitative estimate of drug-likeness (QED) is 0.812. The maximum absolute atomic E-state index is 12.8. The van der Waals surface area contributed by atoms with Gasteiger partial charge >= 0.3 is 0 Å². The van der Waals surface area contributed by atoms with E-state index < -0.39 is 0 Å². The summed E-state index contributed by atoms with van der Waals surface area (Å²) >= 11 is 0. The van der Waals surface area contributed by atoms with Crippen LogP contribution in [0.4, 0.5) is 4.39 Å². The zero-order valence-corrected chi connectivity index (χ0v) is 8.57. The van der Waals surface area contributed by atoms with Crippen LogP contribution in [0.5, 0.6) is 0 Å². The number of aromatic nitrogens is 1. The molecule has 1 aromatic carbocycles. The second-order valence-electron chi connectivity index (χ2n) is 3.38. The van der Waals surface area contributed by atoms with Crippen molar-refractivity contribution in [1.82, 2.24) is 9.88 Å². The predicted molar refractivity (Wildman–Crippen MR) is 58.5 cm³/mol. The molecule has 0 aliphatic heterocycles. The van der Waals surface area contributed by atoms with E-state index in [2.05, 4.69) is 5.32 Å². The maximum atomic E-state index is 12.8. The fourth-order valence-electron chi connectivity index (χ4n) is 1.60. The van der Waals surface area contributed by atoms with Crippen molar-refractivity contribution < 1.29 is 4.39 Å². The van der Waals surface area contributed by atoms with Gasteiger partial charge in [-0.1, -0.05) is 0 Å². The number of hydrogen-bond donors (Lipinski definition) is 1. The summed E-state index contributed by atoms with van der Waals surface area (Å²) in [6.45, 7) is 0.796. The van der Waals surface area contributed by atoms with Crippen LogP contribution < -0.4 is 5.32 Å². The number of rotatable bonds is 3. The SMILES string of the molecule is CNCc1cccn1-c1ccc(F)cc1. The Kier molecular flexibility index (Phi) is 2.83. The molecule has 0 radical (unpaired) electrons. The van der Waals surface area contributed by atoms with E-state index in [-0.39, 0.29) is 5.82 Å². The van der Waals surface area contributed by atoms with Crippen LogP contribution >= 0.6 is 0 Å². The van der Waals surface area contributed by atoms with Gasteiger partial charge < -0.3 is 9.88 Å². The lowest BCUT2D eigenvalue weighted by atomic mass is 10.3. The normalized spacial score (nSPS) is 10.5. The second kappa shape index (κ2) is 4.28. The van der Waals surface area contributed by atoms with E-state index in [1.54, 1.807) is 12.1 Å². The summed E-state index contributed by atoms with van der Waals surface area (Å²) in [6, 6.07) is 10.5. The third-order valence-electron chi connectivity index (χ3n) is 2.30. The van der Waals surface area contributed by atoms with Crippen molar-refractivity contribution in [3.05, 3.63) is 54.1 Å². The molecule has 0 bridgehead atoms. The van der Waals surface area contributed by atoms with Crippen molar-refractivity contribution in [2.75, 3.05) is 7.05 Å². The fourth-order valence-corrected chi connectivity index (χ4v) is 1.60. The van der Waals surface area contributed by atoms with Gasteiger partial charge in [0.25, 0.3) is 0 Å². The third-order valence-corrected chi connectivity index (χ3v) is 2.30. The first kappa shape index (κ1) is 9.93. The fraction of sp³-hybridized carbons (Fsp3) is 0.167. The molecule has 1 aromatic heterocycles. The van der Waals surface area contributed by atoms with E-state index in [9.17, 15) is 4.39 Å². The standard InChI is InChI=1S/C12H13FN2/c1-14-9-12-3-2-8-15(12)11-6-4-10(13)5-7-11/h2-8,14H,9H2,1H3. The van der Waals surface area contributed by atoms with Crippen molar-refractivity contribution in [2.45, 2.75) is 6.54 Å². The molecular formula is C12H13FN2. The van der Waals surface area contributed by atoms with E-state index in [0.717, 1.165) is 17.9 Å². The summed E-state index contributed by atoms with van der Waals surface area (Å²) < 4.78 is 14.8. The third kappa shape index (κ3) is 2.07. The van der Waals surface area contributed by atoms with Crippen LogP contribution in [0.2, 0.25) is 0 Å². The van der Waals surface area contributed by atoms with Gasteiger partial charge in [0.05, 0.1) is 0 Å². The zero-order chi connectivity index (χ0) is 10.7. The van der Waals surface area contributed by atoms with Crippen LogP contribution in [0.1, 0.15) is 5.69 Å². The molecule has 78 valence electrons. The van der Waals surface area contributed by atoms with Gasteiger partial charge in [-0.05, 0) is 43.4 Å². The molecule has 0 amide bonds. The smallest absolute Gasteiger partial charge is 0.123 e. The Morgan fingerprint density at radius 1 is 1.20 bits per heavy atom. The largest absolute Gasteiger partial charge is 0.320 e. The van der Waals surface area contributed by atoms with Crippen LogP contribution in [0, 0.1) is 5.82 Å². The molecule has 0 fully saturated rings. The van der Waals surface area contributed by atoms with Gasteiger partial charge in [-0.25, -0.2) is 4.39 Å². The Morgan fingerprint density at radius 2 is 1.93 bits per heavy atom. The zero-order valence-electron chi connectivity index (χ0n) is 8.57. The minimum atomic E-state index is -0.207. The number of benzene rings is 1. The van der Waals surface area contributed by atoms with E-state index in [4.69, 9.17) is 0 Å². The predicted octanol–water partition coefficient (Wildman–Crippen LogP) is 2.34. The Balaban J connectivity index is 2.36. The molecule has 15 heavy (non-hydrogen) atoms. The first-order chi connectivity index (χ1) is 7.31. The summed E-state index contributed by atoms with van der Waals surface area (Å²) in [6.07, 6.45) is 1.97. The Morgan fingerprint density at radius 3 is 2.60 bits per heavy atom. The van der Waals surface area contributed by atoms with Crippen LogP contribution in [0.15, 0.2) is 42.6 Å². The lowest BCUT2D eigenvalue weighted by Crippen LogP contribution is -2.09. The van der Waals surface area contributed by atoms with Crippen molar-refractivity contribution in [3.8, 4) is 5.69 Å². The van der Waals surface area contributed by atoms with Crippen LogP contribution in [-0.2, 0) is 6.54 Å². The molecule has 3 heteroatoms. The van der Waals surface area contributed by atoms with Crippen LogP contribution in [0.3, 0.4) is 0 Å². The monoisotopic (exact) mass is 204 g/mol. The van der Waals surface area contributed by atoms with E-state index in [0.29, 0.717) is 0 Å². The molecule has 0 unspecified atom stereocenters. The maximum Gasteiger partial charge on any atom is 0.123 e. The summed E-state index contributed by atoms with van der Waals surface area (Å²) in [7, 11) is 1.90. The number of hydrogen-bond acceptors (Lipinski definition) is 1. The van der Waals surface area contributed by atoms with E-state index >= 15 is 0 Å². The first-order valence-corrected chi connectivity index (χ1v) is 4.88. The Bertz CT molecular complexity index is 431. The van der Waals surface area contributed by atoms with E-state index in [1.165, 1.54) is 12.1 Å². The first-order valence-electron chi connectivity index (χ1n) is 4.88. The Hall–Kier alpha value is -1.61. The molecule has 0 aliphatic rings. The minimum Gasteiger partial charge on any atom is -0.320 e. The molecule has 2 nitrogen and oxygen atoms in total. The van der Waals surface area contributed by atoms with Crippen molar-refractivity contribution in [3.63, 3.8) is 0 Å². The highest BCUT2D eigenvalue weighted by atomic mass is 19.1. The van der Waals surface area contributed by atoms with Crippen molar-refractivity contribution in [1.29, 1.82) is 0 Å². The van der Waals surface area contributed by atoms with Gasteiger partial charge in [0, 0.05) is 24.1 Å². The van der Waals surface area contributed by atoms with Crippen LogP contribution in [-0.4, -0.2) is 11.6 Å². The summed E-state index contributed by atoms with van der Waals surface area (Å²) in [5, 5.41) is 3.10. The molecular weight excluding hydrogens is 191 g/mol. The van der Waals surface area contributed by atoms with Crippen LogP contribution in [0.25, 0.3) is 5.69 Å². The van der Waals surface area contributed by atoms with Gasteiger partial charge in [0.15, 0.2) is 0 Å². The van der Waals surface area contributed by atoms with Gasteiger partial charge in [-0.2, -0.15) is 0 Å². The highest BCUT2D eigenvalue weighted by molar-refractivity contribution is 5.35. The molecule has 0 spiro atoms. The number of nitrogens with one attached hydrogen (secondary N) is 1. The molecule has 0 atom stereocenters.